The monoisotopic (exact) mass is 199 g/mol. The van der Waals surface area contributed by atoms with Gasteiger partial charge in [0.05, 0.1) is 13.2 Å². The molecule has 0 fully saturated rings. The zero-order chi connectivity index (χ0) is 9.52. The molecule has 0 aliphatic carbocycles. The molecule has 0 bridgehead atoms. The Labute approximate surface area is 82.8 Å². The maximum absolute atomic E-state index is 11.2. The molecular formula is C9H13NO2S. The summed E-state index contributed by atoms with van der Waals surface area (Å²) in [5, 5.41) is 0. The van der Waals surface area contributed by atoms with Gasteiger partial charge in [0.1, 0.15) is 0 Å². The number of aromatic nitrogens is 1. The van der Waals surface area contributed by atoms with Gasteiger partial charge in [0.25, 0.3) is 5.56 Å². The van der Waals surface area contributed by atoms with Gasteiger partial charge in [-0.3, -0.25) is 4.79 Å². The second kappa shape index (κ2) is 5.83. The fourth-order valence-electron chi connectivity index (χ4n) is 0.975. The first-order valence-electron chi connectivity index (χ1n) is 4.18. The van der Waals surface area contributed by atoms with Gasteiger partial charge in [0, 0.05) is 24.6 Å². The zero-order valence-corrected chi connectivity index (χ0v) is 8.24. The number of nitrogens with zero attached hydrogens (tertiary/aromatic N) is 1. The highest BCUT2D eigenvalue weighted by Gasteiger charge is 1.92. The summed E-state index contributed by atoms with van der Waals surface area (Å²) in [6.45, 7) is 1.79. The molecule has 0 aliphatic rings. The van der Waals surface area contributed by atoms with Gasteiger partial charge < -0.3 is 9.30 Å². The SMILES string of the molecule is O=c1ccccn1CCOCCS. The van der Waals surface area contributed by atoms with Crippen LogP contribution in [0.15, 0.2) is 29.2 Å². The van der Waals surface area contributed by atoms with E-state index in [1.54, 1.807) is 22.9 Å². The van der Waals surface area contributed by atoms with Crippen LogP contribution < -0.4 is 5.56 Å². The van der Waals surface area contributed by atoms with Crippen LogP contribution in [0.3, 0.4) is 0 Å². The first-order chi connectivity index (χ1) is 6.34. The third kappa shape index (κ3) is 3.65. The Kier molecular flexibility index (Phi) is 4.64. The second-order valence-electron chi connectivity index (χ2n) is 2.57. The number of ether oxygens (including phenoxy) is 1. The van der Waals surface area contributed by atoms with E-state index < -0.39 is 0 Å². The van der Waals surface area contributed by atoms with Crippen LogP contribution in [-0.4, -0.2) is 23.5 Å². The second-order valence-corrected chi connectivity index (χ2v) is 3.02. The highest BCUT2D eigenvalue weighted by molar-refractivity contribution is 7.80. The van der Waals surface area contributed by atoms with Crippen LogP contribution in [0, 0.1) is 0 Å². The molecule has 4 heteroatoms. The Balaban J connectivity index is 2.37. The van der Waals surface area contributed by atoms with Crippen molar-refractivity contribution < 1.29 is 4.74 Å². The Bertz CT molecular complexity index is 298. The molecule has 1 rings (SSSR count). The topological polar surface area (TPSA) is 31.2 Å². The standard InChI is InChI=1S/C9H13NO2S/c11-9-3-1-2-4-10(9)5-6-12-7-8-13/h1-4,13H,5-8H2. The van der Waals surface area contributed by atoms with Crippen molar-refractivity contribution in [2.75, 3.05) is 19.0 Å². The molecule has 13 heavy (non-hydrogen) atoms. The number of rotatable bonds is 5. The highest BCUT2D eigenvalue weighted by Crippen LogP contribution is 1.84. The fourth-order valence-corrected chi connectivity index (χ4v) is 1.10. The normalized spacial score (nSPS) is 10.2. The van der Waals surface area contributed by atoms with Gasteiger partial charge in [-0.2, -0.15) is 12.6 Å². The molecule has 1 aromatic heterocycles. The van der Waals surface area contributed by atoms with Crippen LogP contribution in [-0.2, 0) is 11.3 Å². The van der Waals surface area contributed by atoms with Crippen molar-refractivity contribution >= 4 is 12.6 Å². The molecule has 0 spiro atoms. The van der Waals surface area contributed by atoms with Crippen molar-refractivity contribution in [1.29, 1.82) is 0 Å². The van der Waals surface area contributed by atoms with E-state index in [0.717, 1.165) is 0 Å². The third-order valence-electron chi connectivity index (χ3n) is 1.61. The molecule has 0 saturated carbocycles. The largest absolute Gasteiger partial charge is 0.379 e. The molecule has 0 aliphatic heterocycles. The molecule has 0 atom stereocenters. The molecule has 0 aromatic carbocycles. The predicted molar refractivity (Wildman–Crippen MR) is 55.4 cm³/mol. The number of hydrogen-bond donors (Lipinski definition) is 1. The molecule has 0 radical (unpaired) electrons. The van der Waals surface area contributed by atoms with Crippen molar-refractivity contribution in [2.24, 2.45) is 0 Å². The minimum Gasteiger partial charge on any atom is -0.379 e. The molecule has 0 amide bonds. The predicted octanol–water partition coefficient (Wildman–Crippen LogP) is 0.795. The Morgan fingerprint density at radius 3 is 2.92 bits per heavy atom. The molecule has 72 valence electrons. The summed E-state index contributed by atoms with van der Waals surface area (Å²) in [4.78, 5) is 11.2. The zero-order valence-electron chi connectivity index (χ0n) is 7.35. The van der Waals surface area contributed by atoms with Crippen LogP contribution in [0.2, 0.25) is 0 Å². The van der Waals surface area contributed by atoms with E-state index in [9.17, 15) is 4.79 Å². The number of hydrogen-bond acceptors (Lipinski definition) is 3. The Morgan fingerprint density at radius 2 is 2.23 bits per heavy atom. The molecule has 0 saturated heterocycles. The van der Waals surface area contributed by atoms with Crippen molar-refractivity contribution in [1.82, 2.24) is 4.57 Å². The maximum Gasteiger partial charge on any atom is 0.250 e. The lowest BCUT2D eigenvalue weighted by molar-refractivity contribution is 0.141. The Hall–Kier alpha value is -0.740. The van der Waals surface area contributed by atoms with E-state index in [0.29, 0.717) is 25.5 Å². The van der Waals surface area contributed by atoms with Gasteiger partial charge in [-0.15, -0.1) is 0 Å². The van der Waals surface area contributed by atoms with Crippen molar-refractivity contribution in [2.45, 2.75) is 6.54 Å². The van der Waals surface area contributed by atoms with E-state index in [2.05, 4.69) is 12.6 Å². The van der Waals surface area contributed by atoms with Crippen molar-refractivity contribution in [3.8, 4) is 0 Å². The lowest BCUT2D eigenvalue weighted by atomic mass is 10.5. The lowest BCUT2D eigenvalue weighted by Crippen LogP contribution is -2.20. The number of pyridine rings is 1. The van der Waals surface area contributed by atoms with Crippen LogP contribution >= 0.6 is 12.6 Å². The minimum atomic E-state index is 0.0111. The summed E-state index contributed by atoms with van der Waals surface area (Å²) in [5.74, 6) is 0.712. The van der Waals surface area contributed by atoms with Crippen LogP contribution in [0.5, 0.6) is 0 Å². The number of thiol groups is 1. The van der Waals surface area contributed by atoms with Crippen molar-refractivity contribution in [3.63, 3.8) is 0 Å². The highest BCUT2D eigenvalue weighted by atomic mass is 32.1. The third-order valence-corrected chi connectivity index (χ3v) is 1.79. The summed E-state index contributed by atoms with van der Waals surface area (Å²) >= 11 is 4.01. The summed E-state index contributed by atoms with van der Waals surface area (Å²) in [5.41, 5.74) is 0.0111. The smallest absolute Gasteiger partial charge is 0.250 e. The van der Waals surface area contributed by atoms with Crippen LogP contribution in [0.25, 0.3) is 0 Å². The first kappa shape index (κ1) is 10.3. The maximum atomic E-state index is 11.2. The van der Waals surface area contributed by atoms with Gasteiger partial charge in [-0.1, -0.05) is 6.07 Å². The molecule has 1 heterocycles. The van der Waals surface area contributed by atoms with Crippen molar-refractivity contribution in [3.05, 3.63) is 34.7 Å². The fraction of sp³-hybridized carbons (Fsp3) is 0.444. The lowest BCUT2D eigenvalue weighted by Gasteiger charge is -2.04. The average molecular weight is 199 g/mol. The van der Waals surface area contributed by atoms with Gasteiger partial charge in [-0.25, -0.2) is 0 Å². The molecule has 0 unspecified atom stereocenters. The summed E-state index contributed by atoms with van der Waals surface area (Å²) in [6.07, 6.45) is 1.76. The van der Waals surface area contributed by atoms with Gasteiger partial charge in [0.2, 0.25) is 0 Å². The van der Waals surface area contributed by atoms with Gasteiger partial charge in [0.15, 0.2) is 0 Å². The Morgan fingerprint density at radius 1 is 1.38 bits per heavy atom. The van der Waals surface area contributed by atoms with E-state index >= 15 is 0 Å². The van der Waals surface area contributed by atoms with Gasteiger partial charge >= 0.3 is 0 Å². The van der Waals surface area contributed by atoms with Gasteiger partial charge in [-0.05, 0) is 6.07 Å². The molecule has 3 nitrogen and oxygen atoms in total. The van der Waals surface area contributed by atoms with E-state index in [1.807, 2.05) is 6.07 Å². The minimum absolute atomic E-state index is 0.0111. The quantitative estimate of drug-likeness (QED) is 0.561. The van der Waals surface area contributed by atoms with E-state index in [4.69, 9.17) is 4.74 Å². The van der Waals surface area contributed by atoms with E-state index in [-0.39, 0.29) is 5.56 Å². The summed E-state index contributed by atoms with van der Waals surface area (Å²) < 4.78 is 6.83. The summed E-state index contributed by atoms with van der Waals surface area (Å²) in [6, 6.07) is 5.10. The average Bonchev–Trinajstić information content (AvgIpc) is 2.15. The van der Waals surface area contributed by atoms with Crippen LogP contribution in [0.1, 0.15) is 0 Å². The summed E-state index contributed by atoms with van der Waals surface area (Å²) in [7, 11) is 0. The molecule has 0 N–H and O–H groups in total. The molecule has 1 aromatic rings. The van der Waals surface area contributed by atoms with E-state index in [1.165, 1.54) is 0 Å². The molecular weight excluding hydrogens is 186 g/mol. The first-order valence-corrected chi connectivity index (χ1v) is 4.82. The van der Waals surface area contributed by atoms with Crippen LogP contribution in [0.4, 0.5) is 0 Å².